The van der Waals surface area contributed by atoms with Crippen LogP contribution in [-0.4, -0.2) is 16.7 Å². The lowest BCUT2D eigenvalue weighted by molar-refractivity contribution is -0.0403. The third-order valence-corrected chi connectivity index (χ3v) is 3.42. The minimum atomic E-state index is -0.555. The zero-order valence-electron chi connectivity index (χ0n) is 11.8. The number of benzene rings is 1. The molecule has 0 radical (unpaired) electrons. The topological polar surface area (TPSA) is 74.2 Å². The Morgan fingerprint density at radius 2 is 2.10 bits per heavy atom. The zero-order valence-corrected chi connectivity index (χ0v) is 12.6. The van der Waals surface area contributed by atoms with E-state index in [1.54, 1.807) is 18.2 Å². The molecule has 1 aromatic heterocycles. The fraction of sp³-hybridized carbons (Fsp3) is 0.429. The Balaban J connectivity index is 2.37. The van der Waals surface area contributed by atoms with Gasteiger partial charge in [-0.05, 0) is 38.5 Å². The second-order valence-corrected chi connectivity index (χ2v) is 5.15. The van der Waals surface area contributed by atoms with Crippen LogP contribution in [0.5, 0.6) is 0 Å². The average molecular weight is 296 g/mol. The Morgan fingerprint density at radius 1 is 1.35 bits per heavy atom. The second kappa shape index (κ2) is 5.81. The van der Waals surface area contributed by atoms with Gasteiger partial charge in [0.25, 0.3) is 5.89 Å². The Kier molecular flexibility index (Phi) is 4.30. The van der Waals surface area contributed by atoms with Gasteiger partial charge in [0.1, 0.15) is 5.60 Å². The van der Waals surface area contributed by atoms with Gasteiger partial charge in [-0.2, -0.15) is 4.98 Å². The van der Waals surface area contributed by atoms with Gasteiger partial charge >= 0.3 is 0 Å². The molecule has 0 aliphatic heterocycles. The van der Waals surface area contributed by atoms with Gasteiger partial charge in [-0.25, -0.2) is 0 Å². The molecule has 1 heterocycles. The monoisotopic (exact) mass is 295 g/mol. The minimum absolute atomic E-state index is 0.383. The third-order valence-electron chi connectivity index (χ3n) is 3.20. The summed E-state index contributed by atoms with van der Waals surface area (Å²) in [6.45, 7) is 6.48. The second-order valence-electron chi connectivity index (χ2n) is 4.71. The van der Waals surface area contributed by atoms with Crippen molar-refractivity contribution in [3.05, 3.63) is 29.0 Å². The van der Waals surface area contributed by atoms with Crippen molar-refractivity contribution in [2.45, 2.75) is 32.8 Å². The smallest absolute Gasteiger partial charge is 0.258 e. The molecule has 0 spiro atoms. The van der Waals surface area contributed by atoms with Gasteiger partial charge in [-0.3, -0.25) is 0 Å². The molecule has 1 aromatic carbocycles. The van der Waals surface area contributed by atoms with Crippen LogP contribution in [0.3, 0.4) is 0 Å². The van der Waals surface area contributed by atoms with E-state index < -0.39 is 5.60 Å². The van der Waals surface area contributed by atoms with E-state index in [-0.39, 0.29) is 0 Å². The van der Waals surface area contributed by atoms with Crippen LogP contribution in [0, 0.1) is 0 Å². The molecule has 6 heteroatoms. The third kappa shape index (κ3) is 2.94. The van der Waals surface area contributed by atoms with E-state index in [0.717, 1.165) is 6.42 Å². The van der Waals surface area contributed by atoms with Crippen LogP contribution in [0.25, 0.3) is 11.5 Å². The molecule has 0 bridgehead atoms. The summed E-state index contributed by atoms with van der Waals surface area (Å²) in [6, 6.07) is 5.14. The van der Waals surface area contributed by atoms with E-state index >= 15 is 0 Å². The molecule has 0 amide bonds. The van der Waals surface area contributed by atoms with Gasteiger partial charge in [-0.1, -0.05) is 23.7 Å². The predicted octanol–water partition coefficient (Wildman–Crippen LogP) is 3.63. The van der Waals surface area contributed by atoms with Gasteiger partial charge in [0.15, 0.2) is 0 Å². The normalized spacial score (nSPS) is 14.2. The van der Waals surface area contributed by atoms with Crippen LogP contribution >= 0.6 is 11.6 Å². The molecule has 1 unspecified atom stereocenters. The van der Waals surface area contributed by atoms with Crippen LogP contribution in [0.1, 0.15) is 33.0 Å². The molecule has 0 aliphatic carbocycles. The van der Waals surface area contributed by atoms with Gasteiger partial charge in [0.05, 0.1) is 0 Å². The quantitative estimate of drug-likeness (QED) is 0.853. The number of halogens is 1. The number of hydrogen-bond acceptors (Lipinski definition) is 5. The molecule has 0 aliphatic rings. The van der Waals surface area contributed by atoms with Gasteiger partial charge in [-0.15, -0.1) is 0 Å². The van der Waals surface area contributed by atoms with Gasteiger partial charge in [0.2, 0.25) is 5.82 Å². The molecule has 0 saturated heterocycles. The number of aromatic nitrogens is 2. The Morgan fingerprint density at radius 3 is 2.70 bits per heavy atom. The van der Waals surface area contributed by atoms with Crippen molar-refractivity contribution in [2.75, 3.05) is 12.3 Å². The molecule has 1 atom stereocenters. The Bertz CT molecular complexity index is 580. The summed E-state index contributed by atoms with van der Waals surface area (Å²) < 4.78 is 11.0. The minimum Gasteiger partial charge on any atom is -0.399 e. The maximum absolute atomic E-state index is 5.98. The summed E-state index contributed by atoms with van der Waals surface area (Å²) in [5, 5.41) is 4.55. The number of nitrogens with two attached hydrogens (primary N) is 1. The summed E-state index contributed by atoms with van der Waals surface area (Å²) >= 11 is 5.98. The van der Waals surface area contributed by atoms with Crippen molar-refractivity contribution in [2.24, 2.45) is 0 Å². The standard InChI is InChI=1S/C14H18ClN3O2/c1-4-14(3,19-5-2)13-17-12(20-18-13)9-6-10(15)8-11(16)7-9/h6-8H,4-5,16H2,1-3H3. The average Bonchev–Trinajstić information content (AvgIpc) is 2.88. The van der Waals surface area contributed by atoms with Crippen molar-refractivity contribution in [1.29, 1.82) is 0 Å². The molecule has 20 heavy (non-hydrogen) atoms. The number of anilines is 1. The van der Waals surface area contributed by atoms with Crippen LogP contribution < -0.4 is 5.73 Å². The number of hydrogen-bond donors (Lipinski definition) is 1. The number of ether oxygens (including phenoxy) is 1. The van der Waals surface area contributed by atoms with E-state index in [1.165, 1.54) is 0 Å². The highest BCUT2D eigenvalue weighted by Gasteiger charge is 2.31. The van der Waals surface area contributed by atoms with Crippen molar-refractivity contribution in [3.8, 4) is 11.5 Å². The summed E-state index contributed by atoms with van der Waals surface area (Å²) in [5.74, 6) is 0.906. The van der Waals surface area contributed by atoms with E-state index in [0.29, 0.717) is 34.6 Å². The molecule has 5 nitrogen and oxygen atoms in total. The van der Waals surface area contributed by atoms with Crippen LogP contribution in [0.15, 0.2) is 22.7 Å². The fourth-order valence-corrected chi connectivity index (χ4v) is 2.18. The molecular formula is C14H18ClN3O2. The molecule has 2 N–H and O–H groups in total. The van der Waals surface area contributed by atoms with Crippen molar-refractivity contribution >= 4 is 17.3 Å². The fourth-order valence-electron chi connectivity index (χ4n) is 1.93. The lowest BCUT2D eigenvalue weighted by Gasteiger charge is -2.23. The summed E-state index contributed by atoms with van der Waals surface area (Å²) in [6.07, 6.45) is 0.748. The molecule has 2 rings (SSSR count). The highest BCUT2D eigenvalue weighted by molar-refractivity contribution is 6.31. The summed E-state index contributed by atoms with van der Waals surface area (Å²) in [5.41, 5.74) is 6.46. The van der Waals surface area contributed by atoms with Crippen LogP contribution in [0.4, 0.5) is 5.69 Å². The van der Waals surface area contributed by atoms with E-state index in [4.69, 9.17) is 26.6 Å². The first-order chi connectivity index (χ1) is 9.48. The first-order valence-electron chi connectivity index (χ1n) is 6.53. The number of nitrogens with zero attached hydrogens (tertiary/aromatic N) is 2. The highest BCUT2D eigenvalue weighted by atomic mass is 35.5. The first kappa shape index (κ1) is 14.8. The van der Waals surface area contributed by atoms with E-state index in [2.05, 4.69) is 10.1 Å². The lowest BCUT2D eigenvalue weighted by atomic mass is 10.0. The lowest BCUT2D eigenvalue weighted by Crippen LogP contribution is -2.26. The predicted molar refractivity (Wildman–Crippen MR) is 78.4 cm³/mol. The van der Waals surface area contributed by atoms with E-state index in [1.807, 2.05) is 20.8 Å². The molecule has 2 aromatic rings. The Hall–Kier alpha value is -1.59. The number of nitrogen functional groups attached to an aromatic ring is 1. The molecular weight excluding hydrogens is 278 g/mol. The first-order valence-corrected chi connectivity index (χ1v) is 6.91. The van der Waals surface area contributed by atoms with Gasteiger partial charge in [0, 0.05) is 22.9 Å². The van der Waals surface area contributed by atoms with Crippen molar-refractivity contribution in [1.82, 2.24) is 10.1 Å². The molecule has 0 fully saturated rings. The highest BCUT2D eigenvalue weighted by Crippen LogP contribution is 2.30. The van der Waals surface area contributed by atoms with E-state index in [9.17, 15) is 0 Å². The van der Waals surface area contributed by atoms with Gasteiger partial charge < -0.3 is 15.0 Å². The molecule has 0 saturated carbocycles. The van der Waals surface area contributed by atoms with Crippen LogP contribution in [-0.2, 0) is 10.3 Å². The van der Waals surface area contributed by atoms with Crippen molar-refractivity contribution < 1.29 is 9.26 Å². The largest absolute Gasteiger partial charge is 0.399 e. The molecule has 108 valence electrons. The zero-order chi connectivity index (χ0) is 14.8. The number of rotatable bonds is 5. The summed E-state index contributed by atoms with van der Waals surface area (Å²) in [4.78, 5) is 4.41. The Labute approximate surface area is 123 Å². The summed E-state index contributed by atoms with van der Waals surface area (Å²) in [7, 11) is 0. The van der Waals surface area contributed by atoms with Crippen LogP contribution in [0.2, 0.25) is 5.02 Å². The maximum Gasteiger partial charge on any atom is 0.258 e. The van der Waals surface area contributed by atoms with Crippen molar-refractivity contribution in [3.63, 3.8) is 0 Å². The maximum atomic E-state index is 5.98. The SMILES string of the molecule is CCOC(C)(CC)c1noc(-c2cc(N)cc(Cl)c2)n1.